The molecule has 2 rings (SSSR count). The van der Waals surface area contributed by atoms with E-state index in [2.05, 4.69) is 12.2 Å². The van der Waals surface area contributed by atoms with Crippen LogP contribution in [0.25, 0.3) is 0 Å². The number of nitrogens with two attached hydrogens (primary N) is 1. The Morgan fingerprint density at radius 3 is 2.61 bits per heavy atom. The molecule has 2 aliphatic rings. The number of amides is 1. The summed E-state index contributed by atoms with van der Waals surface area (Å²) >= 11 is 0. The van der Waals surface area contributed by atoms with Gasteiger partial charge in [-0.05, 0) is 39.0 Å². The number of nitrogens with one attached hydrogen (secondary N) is 1. The summed E-state index contributed by atoms with van der Waals surface area (Å²) in [5.74, 6) is 1.06. The fourth-order valence-electron chi connectivity index (χ4n) is 3.04. The van der Waals surface area contributed by atoms with Crippen LogP contribution in [0.15, 0.2) is 0 Å². The van der Waals surface area contributed by atoms with E-state index in [4.69, 9.17) is 5.73 Å². The van der Waals surface area contributed by atoms with Crippen molar-refractivity contribution in [3.63, 3.8) is 0 Å². The summed E-state index contributed by atoms with van der Waals surface area (Å²) < 4.78 is 0. The van der Waals surface area contributed by atoms with E-state index in [9.17, 15) is 4.79 Å². The number of hydrogen-bond acceptors (Lipinski definition) is 2. The molecule has 0 aromatic heterocycles. The van der Waals surface area contributed by atoms with Gasteiger partial charge < -0.3 is 11.1 Å². The molecular formula is C14H27ClN2O. The Balaban J connectivity index is 0.00000162. The number of halogens is 1. The summed E-state index contributed by atoms with van der Waals surface area (Å²) in [4.78, 5) is 12.2. The van der Waals surface area contributed by atoms with Gasteiger partial charge in [-0.25, -0.2) is 0 Å². The lowest BCUT2D eigenvalue weighted by atomic mass is 9.74. The van der Waals surface area contributed by atoms with Crippen molar-refractivity contribution in [2.45, 2.75) is 70.4 Å². The smallest absolute Gasteiger partial charge is 0.225 e. The van der Waals surface area contributed by atoms with Crippen molar-refractivity contribution in [2.75, 3.05) is 0 Å². The van der Waals surface area contributed by atoms with Crippen LogP contribution in [0.3, 0.4) is 0 Å². The van der Waals surface area contributed by atoms with E-state index in [-0.39, 0.29) is 29.8 Å². The topological polar surface area (TPSA) is 55.1 Å². The molecule has 0 heterocycles. The van der Waals surface area contributed by atoms with Gasteiger partial charge in [0.15, 0.2) is 0 Å². The molecule has 0 spiro atoms. The first-order chi connectivity index (χ1) is 7.99. The largest absolute Gasteiger partial charge is 0.353 e. The predicted molar refractivity (Wildman–Crippen MR) is 76.7 cm³/mol. The Morgan fingerprint density at radius 2 is 2.06 bits per heavy atom. The highest BCUT2D eigenvalue weighted by molar-refractivity contribution is 5.85. The van der Waals surface area contributed by atoms with E-state index in [0.717, 1.165) is 38.0 Å². The fourth-order valence-corrected chi connectivity index (χ4v) is 3.04. The van der Waals surface area contributed by atoms with Crippen LogP contribution < -0.4 is 11.1 Å². The zero-order valence-electron chi connectivity index (χ0n) is 11.6. The van der Waals surface area contributed by atoms with Gasteiger partial charge in [-0.2, -0.15) is 0 Å². The van der Waals surface area contributed by atoms with Crippen LogP contribution in [-0.4, -0.2) is 17.5 Å². The summed E-state index contributed by atoms with van der Waals surface area (Å²) in [6, 6.07) is 0.313. The predicted octanol–water partition coefficient (Wildman–Crippen LogP) is 2.62. The Kier molecular flexibility index (Phi) is 5.47. The number of carbonyl (C=O) groups excluding carboxylic acids is 1. The van der Waals surface area contributed by atoms with Gasteiger partial charge in [-0.15, -0.1) is 12.4 Å². The highest BCUT2D eigenvalue weighted by Crippen LogP contribution is 2.34. The monoisotopic (exact) mass is 274 g/mol. The molecule has 2 saturated carbocycles. The average molecular weight is 275 g/mol. The van der Waals surface area contributed by atoms with Gasteiger partial charge in [0.2, 0.25) is 5.91 Å². The van der Waals surface area contributed by atoms with Gasteiger partial charge in [0.05, 0.1) is 5.92 Å². The Bertz CT molecular complexity index is 290. The van der Waals surface area contributed by atoms with Crippen LogP contribution in [0.2, 0.25) is 0 Å². The van der Waals surface area contributed by atoms with Crippen molar-refractivity contribution in [2.24, 2.45) is 17.6 Å². The first-order valence-corrected chi connectivity index (χ1v) is 7.08. The van der Waals surface area contributed by atoms with Crippen molar-refractivity contribution in [3.05, 3.63) is 0 Å². The van der Waals surface area contributed by atoms with Gasteiger partial charge in [-0.1, -0.05) is 25.7 Å². The van der Waals surface area contributed by atoms with Gasteiger partial charge >= 0.3 is 0 Å². The Hall–Kier alpha value is -0.280. The molecule has 2 fully saturated rings. The minimum absolute atomic E-state index is 0. The molecule has 3 N–H and O–H groups in total. The fraction of sp³-hybridized carbons (Fsp3) is 0.929. The lowest BCUT2D eigenvalue weighted by Crippen LogP contribution is -2.54. The molecule has 3 atom stereocenters. The number of carbonyl (C=O) groups is 1. The highest BCUT2D eigenvalue weighted by Gasteiger charge is 2.38. The second-order valence-corrected chi connectivity index (χ2v) is 6.39. The van der Waals surface area contributed by atoms with E-state index < -0.39 is 0 Å². The van der Waals surface area contributed by atoms with E-state index in [0.29, 0.717) is 6.04 Å². The van der Waals surface area contributed by atoms with Gasteiger partial charge in [0, 0.05) is 11.6 Å². The van der Waals surface area contributed by atoms with Crippen LogP contribution in [-0.2, 0) is 4.79 Å². The molecule has 18 heavy (non-hydrogen) atoms. The van der Waals surface area contributed by atoms with E-state index in [1.54, 1.807) is 0 Å². The molecule has 106 valence electrons. The zero-order valence-corrected chi connectivity index (χ0v) is 12.4. The second kappa shape index (κ2) is 6.25. The third-order valence-electron chi connectivity index (χ3n) is 4.34. The van der Waals surface area contributed by atoms with Crippen LogP contribution in [0.1, 0.15) is 58.8 Å². The summed E-state index contributed by atoms with van der Waals surface area (Å²) in [5, 5.41) is 3.16. The van der Waals surface area contributed by atoms with Gasteiger partial charge in [0.1, 0.15) is 0 Å². The van der Waals surface area contributed by atoms with Crippen molar-refractivity contribution in [1.82, 2.24) is 5.32 Å². The minimum Gasteiger partial charge on any atom is -0.353 e. The second-order valence-electron chi connectivity index (χ2n) is 6.39. The van der Waals surface area contributed by atoms with E-state index >= 15 is 0 Å². The maximum atomic E-state index is 12.2. The summed E-state index contributed by atoms with van der Waals surface area (Å²) in [7, 11) is 0. The Labute approximate surface area is 117 Å². The van der Waals surface area contributed by atoms with Crippen LogP contribution in [0.5, 0.6) is 0 Å². The molecule has 4 heteroatoms. The van der Waals surface area contributed by atoms with E-state index in [1.165, 1.54) is 12.8 Å². The molecule has 0 bridgehead atoms. The van der Waals surface area contributed by atoms with Gasteiger partial charge in [0.25, 0.3) is 0 Å². The number of rotatable bonds is 4. The molecule has 0 radical (unpaired) electrons. The summed E-state index contributed by atoms with van der Waals surface area (Å²) in [6.07, 6.45) is 8.06. The SMILES string of the molecule is CC(CC1CC1)NC(=O)C1CCCCC1(C)N.Cl. The summed E-state index contributed by atoms with van der Waals surface area (Å²) in [5.41, 5.74) is 5.95. The third kappa shape index (κ3) is 4.13. The van der Waals surface area contributed by atoms with Crippen LogP contribution in [0, 0.1) is 11.8 Å². The highest BCUT2D eigenvalue weighted by atomic mass is 35.5. The quantitative estimate of drug-likeness (QED) is 0.828. The molecule has 0 aromatic carbocycles. The molecule has 3 nitrogen and oxygen atoms in total. The minimum atomic E-state index is -0.304. The Morgan fingerprint density at radius 1 is 1.39 bits per heavy atom. The first-order valence-electron chi connectivity index (χ1n) is 7.08. The molecule has 1 amide bonds. The normalized spacial score (nSPS) is 33.4. The first kappa shape index (κ1) is 15.8. The third-order valence-corrected chi connectivity index (χ3v) is 4.34. The van der Waals surface area contributed by atoms with Crippen molar-refractivity contribution < 1.29 is 4.79 Å². The van der Waals surface area contributed by atoms with Crippen LogP contribution in [0.4, 0.5) is 0 Å². The van der Waals surface area contributed by atoms with Gasteiger partial charge in [-0.3, -0.25) is 4.79 Å². The maximum absolute atomic E-state index is 12.2. The standard InChI is InChI=1S/C14H26N2O.ClH/c1-10(9-11-6-7-11)16-13(17)12-5-3-4-8-14(12,2)15;/h10-12H,3-9,15H2,1-2H3,(H,16,17);1H. The lowest BCUT2D eigenvalue weighted by Gasteiger charge is -2.37. The molecule has 2 aliphatic carbocycles. The average Bonchev–Trinajstić information content (AvgIpc) is 3.00. The summed E-state index contributed by atoms with van der Waals surface area (Å²) in [6.45, 7) is 4.15. The molecule has 0 aliphatic heterocycles. The lowest BCUT2D eigenvalue weighted by molar-refractivity contribution is -0.128. The molecule has 0 aromatic rings. The van der Waals surface area contributed by atoms with Crippen molar-refractivity contribution in [1.29, 1.82) is 0 Å². The molecule has 3 unspecified atom stereocenters. The molecule has 0 saturated heterocycles. The van der Waals surface area contributed by atoms with Crippen molar-refractivity contribution >= 4 is 18.3 Å². The maximum Gasteiger partial charge on any atom is 0.225 e. The zero-order chi connectivity index (χ0) is 12.5. The van der Waals surface area contributed by atoms with Crippen molar-refractivity contribution in [3.8, 4) is 0 Å². The number of hydrogen-bond donors (Lipinski definition) is 2. The molecular weight excluding hydrogens is 248 g/mol. The van der Waals surface area contributed by atoms with Crippen LogP contribution >= 0.6 is 12.4 Å². The van der Waals surface area contributed by atoms with E-state index in [1.807, 2.05) is 6.92 Å².